The smallest absolute Gasteiger partial charge is 0.255 e. The van der Waals surface area contributed by atoms with E-state index >= 15 is 0 Å². The molecule has 0 atom stereocenters. The van der Waals surface area contributed by atoms with Crippen molar-refractivity contribution in [2.45, 2.75) is 0 Å². The van der Waals surface area contributed by atoms with Gasteiger partial charge in [-0.3, -0.25) is 4.79 Å². The molecule has 0 aliphatic heterocycles. The molecule has 0 bridgehead atoms. The number of rotatable bonds is 4. The van der Waals surface area contributed by atoms with Gasteiger partial charge in [-0.05, 0) is 54.6 Å². The predicted octanol–water partition coefficient (Wildman–Crippen LogP) is 3.78. The van der Waals surface area contributed by atoms with Crippen LogP contribution in [0.2, 0.25) is 0 Å². The van der Waals surface area contributed by atoms with Gasteiger partial charge in [0.05, 0.1) is 11.9 Å². The summed E-state index contributed by atoms with van der Waals surface area (Å²) in [6.07, 6.45) is 6.60. The van der Waals surface area contributed by atoms with Gasteiger partial charge in [-0.25, -0.2) is 9.67 Å². The molecule has 0 saturated carbocycles. The van der Waals surface area contributed by atoms with Crippen LogP contribution in [0.15, 0.2) is 84.0 Å². The predicted molar refractivity (Wildman–Crippen MR) is 93.5 cm³/mol. The lowest BCUT2D eigenvalue weighted by Crippen LogP contribution is -2.11. The summed E-state index contributed by atoms with van der Waals surface area (Å²) >= 11 is 0. The van der Waals surface area contributed by atoms with Gasteiger partial charge in [0.15, 0.2) is 12.2 Å². The second-order valence-corrected chi connectivity index (χ2v) is 5.39. The van der Waals surface area contributed by atoms with Crippen molar-refractivity contribution in [2.75, 3.05) is 5.32 Å². The van der Waals surface area contributed by atoms with E-state index in [2.05, 4.69) is 15.4 Å². The Bertz CT molecular complexity index is 957. The topological polar surface area (TPSA) is 73.0 Å². The Hall–Kier alpha value is -3.67. The van der Waals surface area contributed by atoms with Crippen LogP contribution in [0.1, 0.15) is 10.4 Å². The van der Waals surface area contributed by atoms with Gasteiger partial charge < -0.3 is 9.73 Å². The number of hydrogen-bond donors (Lipinski definition) is 1. The fourth-order valence-corrected chi connectivity index (χ4v) is 2.47. The second-order valence-electron chi connectivity index (χ2n) is 5.39. The van der Waals surface area contributed by atoms with E-state index in [1.54, 1.807) is 29.2 Å². The number of benzene rings is 2. The summed E-state index contributed by atoms with van der Waals surface area (Å²) in [6, 6.07) is 16.5. The Balaban J connectivity index is 1.46. The largest absolute Gasteiger partial charge is 0.444 e. The molecule has 4 aromatic rings. The van der Waals surface area contributed by atoms with Crippen LogP contribution in [0, 0.1) is 0 Å². The number of hydrogen-bond acceptors (Lipinski definition) is 4. The molecule has 2 heterocycles. The molecule has 4 rings (SSSR count). The zero-order valence-corrected chi connectivity index (χ0v) is 13.2. The summed E-state index contributed by atoms with van der Waals surface area (Å²) in [4.78, 5) is 16.3. The highest BCUT2D eigenvalue weighted by Gasteiger charge is 2.07. The molecular weight excluding hydrogens is 316 g/mol. The standard InChI is InChI=1S/C19H14N4O2/c24-19(15-4-8-17(9-5-15)23-11-1-10-21-23)22-16-6-2-14(3-7-16)18-12-20-13-25-18/h1-13H,(H,22,24). The molecule has 0 spiro atoms. The van der Waals surface area contributed by atoms with Crippen molar-refractivity contribution in [3.05, 3.63) is 85.1 Å². The second kappa shape index (κ2) is 6.45. The molecule has 0 saturated heterocycles. The molecule has 0 unspecified atom stereocenters. The van der Waals surface area contributed by atoms with E-state index in [1.807, 2.05) is 48.7 Å². The lowest BCUT2D eigenvalue weighted by Gasteiger charge is -2.07. The third kappa shape index (κ3) is 3.18. The van der Waals surface area contributed by atoms with Crippen LogP contribution in [0.3, 0.4) is 0 Å². The molecule has 0 fully saturated rings. The number of nitrogens with zero attached hydrogens (tertiary/aromatic N) is 3. The normalized spacial score (nSPS) is 10.6. The van der Waals surface area contributed by atoms with Crippen LogP contribution in [0.25, 0.3) is 17.0 Å². The fraction of sp³-hybridized carbons (Fsp3) is 0. The highest BCUT2D eigenvalue weighted by atomic mass is 16.3. The van der Waals surface area contributed by atoms with Crippen molar-refractivity contribution in [1.82, 2.24) is 14.8 Å². The fourth-order valence-electron chi connectivity index (χ4n) is 2.47. The van der Waals surface area contributed by atoms with Crippen LogP contribution in [0.4, 0.5) is 5.69 Å². The Labute approximate surface area is 143 Å². The monoisotopic (exact) mass is 330 g/mol. The average molecular weight is 330 g/mol. The minimum atomic E-state index is -0.167. The first-order valence-corrected chi connectivity index (χ1v) is 7.70. The number of aromatic nitrogens is 3. The molecule has 122 valence electrons. The third-order valence-electron chi connectivity index (χ3n) is 3.76. The van der Waals surface area contributed by atoms with Crippen LogP contribution in [-0.2, 0) is 0 Å². The molecule has 6 heteroatoms. The van der Waals surface area contributed by atoms with E-state index in [1.165, 1.54) is 6.39 Å². The van der Waals surface area contributed by atoms with E-state index in [0.717, 1.165) is 11.3 Å². The van der Waals surface area contributed by atoms with Crippen LogP contribution in [0.5, 0.6) is 0 Å². The third-order valence-corrected chi connectivity index (χ3v) is 3.76. The van der Waals surface area contributed by atoms with Gasteiger partial charge in [0.25, 0.3) is 5.91 Å². The first kappa shape index (κ1) is 14.9. The highest BCUT2D eigenvalue weighted by molar-refractivity contribution is 6.04. The zero-order chi connectivity index (χ0) is 17.1. The molecule has 6 nitrogen and oxygen atoms in total. The van der Waals surface area contributed by atoms with Crippen molar-refractivity contribution < 1.29 is 9.21 Å². The van der Waals surface area contributed by atoms with Gasteiger partial charge in [0, 0.05) is 29.2 Å². The number of amides is 1. The molecule has 1 amide bonds. The van der Waals surface area contributed by atoms with Gasteiger partial charge in [0.2, 0.25) is 0 Å². The van der Waals surface area contributed by atoms with Crippen LogP contribution < -0.4 is 5.32 Å². The Morgan fingerprint density at radius 3 is 2.48 bits per heavy atom. The maximum absolute atomic E-state index is 12.4. The van der Waals surface area contributed by atoms with Crippen molar-refractivity contribution in [2.24, 2.45) is 0 Å². The number of nitrogens with one attached hydrogen (secondary N) is 1. The van der Waals surface area contributed by atoms with E-state index < -0.39 is 0 Å². The van der Waals surface area contributed by atoms with E-state index in [9.17, 15) is 4.79 Å². The molecular formula is C19H14N4O2. The number of carbonyl (C=O) groups excluding carboxylic acids is 1. The van der Waals surface area contributed by atoms with Gasteiger partial charge in [0.1, 0.15) is 0 Å². The molecule has 0 aliphatic rings. The summed E-state index contributed by atoms with van der Waals surface area (Å²) in [7, 11) is 0. The first-order valence-electron chi connectivity index (χ1n) is 7.70. The van der Waals surface area contributed by atoms with Gasteiger partial charge in [-0.15, -0.1) is 0 Å². The zero-order valence-electron chi connectivity index (χ0n) is 13.2. The van der Waals surface area contributed by atoms with E-state index in [4.69, 9.17) is 4.42 Å². The number of anilines is 1. The summed E-state index contributed by atoms with van der Waals surface area (Å²) in [5, 5.41) is 7.04. The van der Waals surface area contributed by atoms with Gasteiger partial charge in [-0.2, -0.15) is 5.10 Å². The van der Waals surface area contributed by atoms with Crippen molar-refractivity contribution >= 4 is 11.6 Å². The SMILES string of the molecule is O=C(Nc1ccc(-c2cnco2)cc1)c1ccc(-n2cccn2)cc1. The average Bonchev–Trinajstić information content (AvgIpc) is 3.36. The Kier molecular flexibility index (Phi) is 3.84. The van der Waals surface area contributed by atoms with Gasteiger partial charge in [-0.1, -0.05) is 0 Å². The number of carbonyl (C=O) groups is 1. The summed E-state index contributed by atoms with van der Waals surface area (Å²) in [5.41, 5.74) is 3.09. The Morgan fingerprint density at radius 2 is 1.84 bits per heavy atom. The van der Waals surface area contributed by atoms with Crippen molar-refractivity contribution in [1.29, 1.82) is 0 Å². The van der Waals surface area contributed by atoms with Crippen LogP contribution in [-0.4, -0.2) is 20.7 Å². The molecule has 2 aromatic carbocycles. The number of oxazole rings is 1. The van der Waals surface area contributed by atoms with Crippen molar-refractivity contribution in [3.8, 4) is 17.0 Å². The lowest BCUT2D eigenvalue weighted by atomic mass is 10.1. The lowest BCUT2D eigenvalue weighted by molar-refractivity contribution is 0.102. The Morgan fingerprint density at radius 1 is 1.04 bits per heavy atom. The maximum atomic E-state index is 12.4. The van der Waals surface area contributed by atoms with Crippen molar-refractivity contribution in [3.63, 3.8) is 0 Å². The summed E-state index contributed by atoms with van der Waals surface area (Å²) < 4.78 is 6.99. The van der Waals surface area contributed by atoms with E-state index in [0.29, 0.717) is 17.0 Å². The van der Waals surface area contributed by atoms with Crippen LogP contribution >= 0.6 is 0 Å². The summed E-state index contributed by atoms with van der Waals surface area (Å²) in [6.45, 7) is 0. The highest BCUT2D eigenvalue weighted by Crippen LogP contribution is 2.21. The quantitative estimate of drug-likeness (QED) is 0.618. The summed E-state index contributed by atoms with van der Waals surface area (Å²) in [5.74, 6) is 0.520. The first-order chi connectivity index (χ1) is 12.3. The van der Waals surface area contributed by atoms with E-state index in [-0.39, 0.29) is 5.91 Å². The molecule has 25 heavy (non-hydrogen) atoms. The molecule has 1 N–H and O–H groups in total. The molecule has 0 radical (unpaired) electrons. The maximum Gasteiger partial charge on any atom is 0.255 e. The van der Waals surface area contributed by atoms with Gasteiger partial charge >= 0.3 is 0 Å². The molecule has 0 aliphatic carbocycles. The minimum Gasteiger partial charge on any atom is -0.444 e. The molecule has 2 aromatic heterocycles. The minimum absolute atomic E-state index is 0.167.